The van der Waals surface area contributed by atoms with Gasteiger partial charge in [-0.15, -0.1) is 4.52 Å². The molecule has 9 heavy (non-hydrogen) atoms. The predicted octanol–water partition coefficient (Wildman–Crippen LogP) is 0.472. The molecule has 0 aromatic carbocycles. The molecule has 0 saturated carbocycles. The van der Waals surface area contributed by atoms with E-state index in [0.29, 0.717) is 0 Å². The fourth-order valence-electron chi connectivity index (χ4n) is 0.142. The minimum atomic E-state index is -2.22. The van der Waals surface area contributed by atoms with E-state index < -0.39 is 14.2 Å². The predicted molar refractivity (Wildman–Crippen MR) is 32.1 cm³/mol. The van der Waals surface area contributed by atoms with Gasteiger partial charge in [0.05, 0.1) is 7.11 Å². The summed E-state index contributed by atoms with van der Waals surface area (Å²) in [7, 11) is -1.02. The van der Waals surface area contributed by atoms with Crippen molar-refractivity contribution >= 4 is 43.8 Å². The molecule has 0 bridgehead atoms. The van der Waals surface area contributed by atoms with Crippen molar-refractivity contribution in [1.29, 1.82) is 0 Å². The summed E-state index contributed by atoms with van der Waals surface area (Å²) < 4.78 is 18.3. The Morgan fingerprint density at radius 2 is 2.00 bits per heavy atom. The van der Waals surface area contributed by atoms with E-state index in [-0.39, 0.29) is 29.6 Å². The number of rotatable bonds is 2. The summed E-state index contributed by atoms with van der Waals surface area (Å²) in [6, 6.07) is 0. The molecule has 1 unspecified atom stereocenters. The van der Waals surface area contributed by atoms with E-state index in [4.69, 9.17) is 0 Å². The molecule has 0 aromatic rings. The number of carbonyl (C=O) groups excluding carboxylic acids is 1. The summed E-state index contributed by atoms with van der Waals surface area (Å²) in [6.07, 6.45) is 0. The molecule has 0 spiro atoms. The molecule has 1 radical (unpaired) electrons. The smallest absolute Gasteiger partial charge is 0.247 e. The molecule has 0 amide bonds. The first-order valence-corrected chi connectivity index (χ1v) is 2.96. The third-order valence-electron chi connectivity index (χ3n) is 0.352. The van der Waals surface area contributed by atoms with Crippen LogP contribution < -0.4 is 0 Å². The molecule has 0 saturated heterocycles. The summed E-state index contributed by atoms with van der Waals surface area (Å²) in [5.74, 6) is -0.604. The van der Waals surface area contributed by atoms with E-state index in [1.165, 1.54) is 7.11 Å². The maximum absolute atomic E-state index is 10.1. The third-order valence-corrected chi connectivity index (χ3v) is 1.06. The first-order chi connectivity index (χ1) is 3.66. The van der Waals surface area contributed by atoms with Gasteiger partial charge in [0.15, 0.2) is 0 Å². The average Bonchev–Trinajstić information content (AvgIpc) is 1.65. The molecule has 0 heterocycles. The largest absolute Gasteiger partial charge is 0.752 e. The zero-order chi connectivity index (χ0) is 6.57. The van der Waals surface area contributed by atoms with Gasteiger partial charge in [0.1, 0.15) is 0 Å². The molecule has 0 aliphatic heterocycles. The van der Waals surface area contributed by atoms with Crippen LogP contribution >= 0.6 is 8.25 Å². The van der Waals surface area contributed by atoms with Crippen LogP contribution in [0.2, 0.25) is 0 Å². The normalized spacial score (nSPS) is 9.33. The molecular formula is C3H6NaO4P+. The standard InChI is InChI=1S/C3H6O4P.Na/c1-3(4)7-8(5)6-2;/h1-2H3;/q+1;. The summed E-state index contributed by atoms with van der Waals surface area (Å²) in [5.41, 5.74) is 0. The van der Waals surface area contributed by atoms with Gasteiger partial charge in [0, 0.05) is 41.0 Å². The number of hydrogen-bond acceptors (Lipinski definition) is 4. The van der Waals surface area contributed by atoms with Crippen molar-refractivity contribution in [3.8, 4) is 0 Å². The summed E-state index contributed by atoms with van der Waals surface area (Å²) in [4.78, 5) is 9.93. The zero-order valence-corrected chi connectivity index (χ0v) is 8.47. The van der Waals surface area contributed by atoms with Gasteiger partial charge in [-0.25, -0.2) is 4.79 Å². The quantitative estimate of drug-likeness (QED) is 0.435. The van der Waals surface area contributed by atoms with Gasteiger partial charge in [-0.1, -0.05) is 0 Å². The number of hydrogen-bond donors (Lipinski definition) is 0. The van der Waals surface area contributed by atoms with Gasteiger partial charge < -0.3 is 0 Å². The maximum atomic E-state index is 10.1. The van der Waals surface area contributed by atoms with Crippen LogP contribution in [0.5, 0.6) is 0 Å². The zero-order valence-electron chi connectivity index (χ0n) is 5.58. The van der Waals surface area contributed by atoms with Crippen molar-refractivity contribution in [2.24, 2.45) is 0 Å². The monoisotopic (exact) mass is 160 g/mol. The van der Waals surface area contributed by atoms with Gasteiger partial charge in [-0.3, -0.25) is 0 Å². The Kier molecular flexibility index (Phi) is 9.03. The molecule has 4 nitrogen and oxygen atoms in total. The van der Waals surface area contributed by atoms with E-state index in [1.807, 2.05) is 0 Å². The minimum Gasteiger partial charge on any atom is -0.247 e. The van der Waals surface area contributed by atoms with Crippen LogP contribution in [-0.4, -0.2) is 42.6 Å². The van der Waals surface area contributed by atoms with Gasteiger partial charge >= 0.3 is 14.2 Å². The van der Waals surface area contributed by atoms with Crippen molar-refractivity contribution in [3.63, 3.8) is 0 Å². The second-order valence-corrected chi connectivity index (χ2v) is 1.98. The second kappa shape index (κ2) is 6.65. The minimum absolute atomic E-state index is 0. The SMILES string of the molecule is CO[P+](=O)OC(C)=O.[Na]. The fourth-order valence-corrected chi connectivity index (χ4v) is 0.427. The topological polar surface area (TPSA) is 52.6 Å². The Hall–Kier alpha value is 0.530. The van der Waals surface area contributed by atoms with Crippen molar-refractivity contribution in [2.75, 3.05) is 7.11 Å². The van der Waals surface area contributed by atoms with E-state index in [9.17, 15) is 9.36 Å². The summed E-state index contributed by atoms with van der Waals surface area (Å²) in [5, 5.41) is 0. The first-order valence-electron chi connectivity index (χ1n) is 1.86. The van der Waals surface area contributed by atoms with Crippen LogP contribution in [0.15, 0.2) is 0 Å². The Bertz CT molecular complexity index is 114. The average molecular weight is 160 g/mol. The van der Waals surface area contributed by atoms with Crippen molar-refractivity contribution < 1.29 is 18.4 Å². The van der Waals surface area contributed by atoms with Crippen LogP contribution in [-0.2, 0) is 18.4 Å². The molecule has 0 aliphatic carbocycles. The van der Waals surface area contributed by atoms with Crippen LogP contribution in [0.4, 0.5) is 0 Å². The summed E-state index contributed by atoms with van der Waals surface area (Å²) >= 11 is 0. The van der Waals surface area contributed by atoms with Gasteiger partial charge in [-0.05, 0) is 0 Å². The third kappa shape index (κ3) is 8.53. The van der Waals surface area contributed by atoms with Crippen molar-refractivity contribution in [3.05, 3.63) is 0 Å². The Morgan fingerprint density at radius 3 is 2.11 bits per heavy atom. The van der Waals surface area contributed by atoms with Crippen LogP contribution in [0.3, 0.4) is 0 Å². The van der Waals surface area contributed by atoms with Crippen LogP contribution in [0, 0.1) is 0 Å². The van der Waals surface area contributed by atoms with Crippen molar-refractivity contribution in [1.82, 2.24) is 0 Å². The van der Waals surface area contributed by atoms with E-state index in [2.05, 4.69) is 9.05 Å². The molecule has 1 atom stereocenters. The Morgan fingerprint density at radius 1 is 1.56 bits per heavy atom. The van der Waals surface area contributed by atoms with E-state index in [1.54, 1.807) is 0 Å². The van der Waals surface area contributed by atoms with Crippen LogP contribution in [0.25, 0.3) is 0 Å². The van der Waals surface area contributed by atoms with Gasteiger partial charge in [-0.2, -0.15) is 4.52 Å². The number of carbonyl (C=O) groups is 1. The van der Waals surface area contributed by atoms with Gasteiger partial charge in [0.25, 0.3) is 0 Å². The first kappa shape index (κ1) is 12.2. The Labute approximate surface area is 76.1 Å². The molecule has 0 rings (SSSR count). The summed E-state index contributed by atoms with van der Waals surface area (Å²) in [6.45, 7) is 1.16. The maximum Gasteiger partial charge on any atom is 0.752 e. The van der Waals surface area contributed by atoms with E-state index >= 15 is 0 Å². The Balaban J connectivity index is 0. The molecule has 0 fully saturated rings. The second-order valence-electron chi connectivity index (χ2n) is 0.989. The molecule has 47 valence electrons. The van der Waals surface area contributed by atoms with Gasteiger partial charge in [0.2, 0.25) is 0 Å². The molecule has 0 aromatic heterocycles. The van der Waals surface area contributed by atoms with E-state index in [0.717, 1.165) is 6.92 Å². The molecular weight excluding hydrogens is 154 g/mol. The molecule has 6 heteroatoms. The van der Waals surface area contributed by atoms with Crippen LogP contribution in [0.1, 0.15) is 6.92 Å². The van der Waals surface area contributed by atoms with Crippen molar-refractivity contribution in [2.45, 2.75) is 6.92 Å². The molecule has 0 N–H and O–H groups in total. The fraction of sp³-hybridized carbons (Fsp3) is 0.667. The molecule has 0 aliphatic rings.